The second-order valence-electron chi connectivity index (χ2n) is 7.49. The lowest BCUT2D eigenvalue weighted by Gasteiger charge is -2.25. The molecule has 1 aliphatic rings. The van der Waals surface area contributed by atoms with Crippen molar-refractivity contribution in [3.63, 3.8) is 0 Å². The van der Waals surface area contributed by atoms with Crippen molar-refractivity contribution >= 4 is 27.9 Å². The van der Waals surface area contributed by atoms with Crippen LogP contribution in [0.4, 0.5) is 13.2 Å². The van der Waals surface area contributed by atoms with E-state index < -0.39 is 32.6 Å². The van der Waals surface area contributed by atoms with Gasteiger partial charge in [-0.1, -0.05) is 29.8 Å². The van der Waals surface area contributed by atoms with Gasteiger partial charge in [0.25, 0.3) is 0 Å². The maximum atomic E-state index is 13.0. The number of carbonyl (C=O) groups excluding carboxylic acids is 1. The van der Waals surface area contributed by atoms with E-state index in [1.807, 2.05) is 6.92 Å². The molecule has 0 saturated heterocycles. The number of hydrogen-bond donors (Lipinski definition) is 0. The minimum Gasteiger partial charge on any atom is -0.610 e. The highest BCUT2D eigenvalue weighted by atomic mass is 32.3. The predicted molar refractivity (Wildman–Crippen MR) is 117 cm³/mol. The fraction of sp³-hybridized carbons (Fsp3) is 0.429. The van der Waals surface area contributed by atoms with Crippen molar-refractivity contribution in [2.75, 3.05) is 18.8 Å². The first-order valence-corrected chi connectivity index (χ1v) is 12.5. The van der Waals surface area contributed by atoms with Crippen LogP contribution < -0.4 is 0 Å². The summed E-state index contributed by atoms with van der Waals surface area (Å²) >= 11 is 1.21. The van der Waals surface area contributed by atoms with Gasteiger partial charge in [-0.3, -0.25) is 9.48 Å². The van der Waals surface area contributed by atoms with Gasteiger partial charge < -0.3 is 9.45 Å². The zero-order chi connectivity index (χ0) is 23.7. The third kappa shape index (κ3) is 5.44. The third-order valence-electron chi connectivity index (χ3n) is 5.20. The van der Waals surface area contributed by atoms with E-state index in [2.05, 4.69) is 5.10 Å². The van der Waals surface area contributed by atoms with Crippen molar-refractivity contribution < 1.29 is 26.7 Å². The predicted octanol–water partition coefficient (Wildman–Crippen LogP) is 4.00. The summed E-state index contributed by atoms with van der Waals surface area (Å²) in [5.74, 6) is -0.481. The number of sulfone groups is 1. The van der Waals surface area contributed by atoms with Gasteiger partial charge in [-0.25, -0.2) is 0 Å². The molecule has 3 atom stereocenters. The molecule has 0 N–H and O–H groups in total. The van der Waals surface area contributed by atoms with Gasteiger partial charge >= 0.3 is 6.18 Å². The molecule has 3 unspecified atom stereocenters. The minimum atomic E-state index is -4.54. The van der Waals surface area contributed by atoms with Crippen molar-refractivity contribution in [2.45, 2.75) is 35.4 Å². The van der Waals surface area contributed by atoms with E-state index in [-0.39, 0.29) is 23.1 Å². The van der Waals surface area contributed by atoms with Gasteiger partial charge in [-0.2, -0.15) is 18.3 Å². The molecule has 0 spiro atoms. The van der Waals surface area contributed by atoms with E-state index >= 15 is 0 Å². The Labute approximate surface area is 190 Å². The first-order chi connectivity index (χ1) is 14.9. The Kier molecular flexibility index (Phi) is 7.21. The van der Waals surface area contributed by atoms with E-state index in [0.29, 0.717) is 12.2 Å². The highest BCUT2D eigenvalue weighted by molar-refractivity contribution is 8.01. The van der Waals surface area contributed by atoms with Crippen LogP contribution in [0, 0.1) is 6.92 Å². The van der Waals surface area contributed by atoms with Crippen LogP contribution in [-0.2, 0) is 32.4 Å². The highest BCUT2D eigenvalue weighted by Gasteiger charge is 2.37. The molecule has 0 fully saturated rings. The van der Waals surface area contributed by atoms with Gasteiger partial charge in [-0.05, 0) is 32.0 Å². The second-order valence-corrected chi connectivity index (χ2v) is 10.9. The van der Waals surface area contributed by atoms with Crippen molar-refractivity contribution in [1.29, 1.82) is 0 Å². The summed E-state index contributed by atoms with van der Waals surface area (Å²) < 4.78 is 65.2. The monoisotopic (exact) mass is 487 g/mol. The lowest BCUT2D eigenvalue weighted by atomic mass is 10.2. The number of carbonyl (C=O) groups is 1. The standard InChI is InChI=1S/C21H24F3N3O3S2/c1-4-27(11-12-32(29,30)15-7-5-14(2)6-8-15)20(28)18-10-9-17(31-18)16-13-19(21(22,23)24)25-26(16)3/h5-10,13,17-18H,4,11-12H2,1-3H3. The number of aryl methyl sites for hydroxylation is 2. The SMILES string of the molecule is CCN(CC[S+](=O)([O-])c1ccc(C)cc1)C(=O)C1C=CC(c2cc(C(F)(F)F)nn2C)S1. The van der Waals surface area contributed by atoms with E-state index in [9.17, 15) is 26.7 Å². The summed E-state index contributed by atoms with van der Waals surface area (Å²) in [6, 6.07) is 7.52. The van der Waals surface area contributed by atoms with Crippen molar-refractivity contribution in [2.24, 2.45) is 7.05 Å². The van der Waals surface area contributed by atoms with Crippen molar-refractivity contribution in [3.05, 3.63) is 59.4 Å². The number of aromatic nitrogens is 2. The molecule has 6 nitrogen and oxygen atoms in total. The van der Waals surface area contributed by atoms with Crippen LogP contribution in [-0.4, -0.2) is 49.2 Å². The molecule has 2 heterocycles. The fourth-order valence-electron chi connectivity index (χ4n) is 3.34. The topological polar surface area (TPSA) is 78.3 Å². The summed E-state index contributed by atoms with van der Waals surface area (Å²) in [5.41, 5.74) is 0.318. The number of nitrogens with zero attached hydrogens (tertiary/aromatic N) is 3. The molecule has 1 aromatic carbocycles. The number of thioether (sulfide) groups is 1. The average Bonchev–Trinajstić information content (AvgIpc) is 3.35. The van der Waals surface area contributed by atoms with Gasteiger partial charge in [0.2, 0.25) is 5.91 Å². The van der Waals surface area contributed by atoms with Crippen LogP contribution in [0.2, 0.25) is 0 Å². The van der Waals surface area contributed by atoms with Crippen LogP contribution in [0.1, 0.15) is 29.1 Å². The molecule has 3 rings (SSSR count). The Morgan fingerprint density at radius 2 is 1.94 bits per heavy atom. The molecular weight excluding hydrogens is 463 g/mol. The lowest BCUT2D eigenvalue weighted by molar-refractivity contribution is -0.141. The van der Waals surface area contributed by atoms with E-state index in [4.69, 9.17) is 0 Å². The maximum Gasteiger partial charge on any atom is 0.435 e. The van der Waals surface area contributed by atoms with Crippen LogP contribution in [0.3, 0.4) is 0 Å². The van der Waals surface area contributed by atoms with Gasteiger partial charge in [0, 0.05) is 13.6 Å². The molecule has 2 aromatic rings. The summed E-state index contributed by atoms with van der Waals surface area (Å²) in [5, 5.41) is 2.46. The Balaban J connectivity index is 1.64. The van der Waals surface area contributed by atoms with Crippen molar-refractivity contribution in [1.82, 2.24) is 14.7 Å². The molecule has 0 radical (unpaired) electrons. The van der Waals surface area contributed by atoms with E-state index in [0.717, 1.165) is 11.6 Å². The normalized spacial score (nSPS) is 20.3. The van der Waals surface area contributed by atoms with E-state index in [1.54, 1.807) is 43.3 Å². The number of benzene rings is 1. The Morgan fingerprint density at radius 1 is 1.28 bits per heavy atom. The molecule has 0 saturated carbocycles. The van der Waals surface area contributed by atoms with Crippen LogP contribution in [0.15, 0.2) is 47.4 Å². The molecule has 1 aliphatic heterocycles. The Bertz CT molecular complexity index is 1050. The van der Waals surface area contributed by atoms with Crippen molar-refractivity contribution in [3.8, 4) is 0 Å². The quantitative estimate of drug-likeness (QED) is 0.436. The average molecular weight is 488 g/mol. The summed E-state index contributed by atoms with van der Waals surface area (Å²) in [7, 11) is -2.11. The smallest absolute Gasteiger partial charge is 0.435 e. The minimum absolute atomic E-state index is 0.0328. The highest BCUT2D eigenvalue weighted by Crippen LogP contribution is 2.41. The lowest BCUT2D eigenvalue weighted by Crippen LogP contribution is -2.40. The van der Waals surface area contributed by atoms with Gasteiger partial charge in [0.15, 0.2) is 10.6 Å². The number of alkyl halides is 3. The number of rotatable bonds is 7. The first kappa shape index (κ1) is 24.5. The van der Waals surface area contributed by atoms with E-state index in [1.165, 1.54) is 28.4 Å². The van der Waals surface area contributed by atoms with Crippen LogP contribution in [0.25, 0.3) is 0 Å². The van der Waals surface area contributed by atoms with Crippen LogP contribution >= 0.6 is 11.8 Å². The summed E-state index contributed by atoms with van der Waals surface area (Å²) in [6.07, 6.45) is -1.21. The molecule has 11 heteroatoms. The first-order valence-electron chi connectivity index (χ1n) is 9.95. The van der Waals surface area contributed by atoms with Gasteiger partial charge in [0.05, 0.1) is 27.7 Å². The van der Waals surface area contributed by atoms with Gasteiger partial charge in [0.1, 0.15) is 11.0 Å². The number of amides is 1. The fourth-order valence-corrected chi connectivity index (χ4v) is 5.90. The molecule has 1 amide bonds. The van der Waals surface area contributed by atoms with Gasteiger partial charge in [-0.15, -0.1) is 16.0 Å². The summed E-state index contributed by atoms with van der Waals surface area (Å²) in [6.45, 7) is 3.98. The third-order valence-corrected chi connectivity index (χ3v) is 8.25. The molecule has 174 valence electrons. The largest absolute Gasteiger partial charge is 0.610 e. The zero-order valence-corrected chi connectivity index (χ0v) is 19.5. The molecule has 1 aromatic heterocycles. The molecular formula is C21H24F3N3O3S2. The number of halogens is 3. The second kappa shape index (κ2) is 9.40. The Hall–Kier alpha value is -2.11. The Morgan fingerprint density at radius 3 is 2.50 bits per heavy atom. The van der Waals surface area contributed by atoms with Crippen LogP contribution in [0.5, 0.6) is 0 Å². The zero-order valence-electron chi connectivity index (χ0n) is 17.8. The summed E-state index contributed by atoms with van der Waals surface area (Å²) in [4.78, 5) is 14.6. The number of hydrogen-bond acceptors (Lipinski definition) is 5. The molecule has 32 heavy (non-hydrogen) atoms. The maximum absolute atomic E-state index is 13.0. The molecule has 0 bridgehead atoms. The molecule has 0 aliphatic carbocycles.